The van der Waals surface area contributed by atoms with Crippen molar-refractivity contribution in [2.75, 3.05) is 9.80 Å². The number of nitrogens with zero attached hydrogens (tertiary/aromatic N) is 6. The zero-order valence-corrected chi connectivity index (χ0v) is 47.2. The van der Waals surface area contributed by atoms with E-state index in [1.165, 1.54) is 52.9 Å². The Labute approximate surface area is 484 Å². The Kier molecular flexibility index (Phi) is 11.4. The fraction of sp³-hybridized carbons (Fsp3) is 0. The Morgan fingerprint density at radius 2 is 0.602 bits per heavy atom. The maximum atomic E-state index is 5.61. The van der Waals surface area contributed by atoms with E-state index in [9.17, 15) is 0 Å². The highest BCUT2D eigenvalue weighted by molar-refractivity contribution is 7.22. The topological polar surface area (TPSA) is 50.1 Å². The Hall–Kier alpha value is -10.5. The van der Waals surface area contributed by atoms with E-state index in [0.717, 1.165) is 55.7 Å². The van der Waals surface area contributed by atoms with Crippen LogP contribution in [0.4, 0.5) is 34.4 Å². The zero-order valence-electron chi connectivity index (χ0n) is 45.2. The van der Waals surface area contributed by atoms with Crippen LogP contribution in [0.3, 0.4) is 0 Å². The van der Waals surface area contributed by atoms with Crippen molar-refractivity contribution in [1.29, 1.82) is 0 Å². The van der Waals surface area contributed by atoms with Crippen molar-refractivity contribution in [2.24, 2.45) is 0 Å². The second-order valence-corrected chi connectivity index (χ2v) is 28.9. The minimum Gasteiger partial charge on any atom is -0.311 e. The van der Waals surface area contributed by atoms with Gasteiger partial charge in [-0.05, 0) is 114 Å². The van der Waals surface area contributed by atoms with Crippen molar-refractivity contribution < 1.29 is 0 Å². The Morgan fingerprint density at radius 1 is 0.253 bits per heavy atom. The third-order valence-corrected chi connectivity index (χ3v) is 26.9. The molecule has 2 aliphatic rings. The first-order valence-corrected chi connectivity index (χ1v) is 32.4. The van der Waals surface area contributed by atoms with Gasteiger partial charge in [-0.15, -0.1) is 0 Å². The van der Waals surface area contributed by atoms with E-state index in [0.29, 0.717) is 17.6 Å². The van der Waals surface area contributed by atoms with Gasteiger partial charge in [-0.3, -0.25) is 4.90 Å². The quantitative estimate of drug-likeness (QED) is 0.135. The Balaban J connectivity index is 0.914. The lowest BCUT2D eigenvalue weighted by atomic mass is 10.1. The highest BCUT2D eigenvalue weighted by atomic mass is 28.3. The first-order chi connectivity index (χ1) is 41.2. The first-order valence-electron chi connectivity index (χ1n) is 28.4. The lowest BCUT2D eigenvalue weighted by Crippen LogP contribution is -2.77. The molecule has 14 aromatic rings. The predicted octanol–water partition coefficient (Wildman–Crippen LogP) is 12.6. The van der Waals surface area contributed by atoms with E-state index in [1.807, 2.05) is 6.07 Å². The van der Waals surface area contributed by atoms with Crippen LogP contribution in [0.2, 0.25) is 0 Å². The van der Waals surface area contributed by atoms with Crippen LogP contribution in [0.1, 0.15) is 0 Å². The summed E-state index contributed by atoms with van der Waals surface area (Å²) in [6.07, 6.45) is 0. The van der Waals surface area contributed by atoms with E-state index < -0.39 is 16.1 Å². The van der Waals surface area contributed by atoms with E-state index in [2.05, 4.69) is 324 Å². The molecule has 0 saturated heterocycles. The van der Waals surface area contributed by atoms with Crippen LogP contribution in [0.25, 0.3) is 50.3 Å². The molecule has 83 heavy (non-hydrogen) atoms. The van der Waals surface area contributed by atoms with E-state index in [-0.39, 0.29) is 0 Å². The van der Waals surface area contributed by atoms with Gasteiger partial charge in [0.15, 0.2) is 27.8 Å². The smallest absolute Gasteiger partial charge is 0.238 e. The van der Waals surface area contributed by atoms with Gasteiger partial charge < -0.3 is 9.47 Å². The number of para-hydroxylation sites is 5. The summed E-state index contributed by atoms with van der Waals surface area (Å²) < 4.78 is 2.39. The maximum Gasteiger partial charge on any atom is 0.238 e. The van der Waals surface area contributed by atoms with E-state index in [4.69, 9.17) is 15.0 Å². The number of fused-ring (bicyclic) bond motifs is 7. The molecule has 0 unspecified atom stereocenters. The minimum absolute atomic E-state index is 0.555. The number of hydrogen-bond donors (Lipinski definition) is 0. The maximum absolute atomic E-state index is 5.61. The molecule has 4 heterocycles. The first kappa shape index (κ1) is 48.4. The van der Waals surface area contributed by atoms with Crippen LogP contribution in [-0.2, 0) is 0 Å². The van der Waals surface area contributed by atoms with Gasteiger partial charge in [0.2, 0.25) is 5.95 Å². The molecule has 6 nitrogen and oxygen atoms in total. The van der Waals surface area contributed by atoms with Crippen molar-refractivity contribution in [3.63, 3.8) is 0 Å². The molecule has 2 aromatic heterocycles. The Morgan fingerprint density at radius 3 is 1.05 bits per heavy atom. The van der Waals surface area contributed by atoms with Gasteiger partial charge in [0.25, 0.3) is 0 Å². The molecule has 0 aliphatic carbocycles. The fourth-order valence-electron chi connectivity index (χ4n) is 13.8. The molecule has 12 aromatic carbocycles. The van der Waals surface area contributed by atoms with Gasteiger partial charge in [0, 0.05) is 56.0 Å². The van der Waals surface area contributed by atoms with Crippen LogP contribution in [0.5, 0.6) is 0 Å². The molecule has 16 rings (SSSR count). The summed E-state index contributed by atoms with van der Waals surface area (Å²) in [4.78, 5) is 21.3. The van der Waals surface area contributed by atoms with Crippen molar-refractivity contribution in [1.82, 2.24) is 19.5 Å². The second-order valence-electron chi connectivity index (χ2n) is 21.5. The molecular formula is C75H52N6Si2. The fourth-order valence-corrected chi connectivity index (χ4v) is 24.0. The molecule has 0 N–H and O–H groups in total. The largest absolute Gasteiger partial charge is 0.311 e. The summed E-state index contributed by atoms with van der Waals surface area (Å²) in [6, 6.07) is 116. The average molecular weight is 1090 g/mol. The average Bonchev–Trinajstić information content (AvgIpc) is 2.38. The molecule has 0 amide bonds. The summed E-state index contributed by atoms with van der Waals surface area (Å²) in [5.74, 6) is 1.74. The van der Waals surface area contributed by atoms with Gasteiger partial charge in [-0.25, -0.2) is 4.98 Å². The molecule has 0 saturated carbocycles. The number of aromatic nitrogens is 4. The Bertz CT molecular complexity index is 4570. The van der Waals surface area contributed by atoms with Crippen LogP contribution in [-0.4, -0.2) is 35.7 Å². The van der Waals surface area contributed by atoms with Crippen LogP contribution >= 0.6 is 0 Å². The van der Waals surface area contributed by atoms with Gasteiger partial charge >= 0.3 is 0 Å². The molecule has 390 valence electrons. The second kappa shape index (κ2) is 19.6. The number of hydrogen-bond acceptors (Lipinski definition) is 5. The highest BCUT2D eigenvalue weighted by Crippen LogP contribution is 2.44. The van der Waals surface area contributed by atoms with Crippen molar-refractivity contribution in [2.45, 2.75) is 0 Å². The highest BCUT2D eigenvalue weighted by Gasteiger charge is 2.50. The van der Waals surface area contributed by atoms with E-state index in [1.54, 1.807) is 0 Å². The molecule has 8 heteroatoms. The van der Waals surface area contributed by atoms with Gasteiger partial charge in [0.1, 0.15) is 0 Å². The lowest BCUT2D eigenvalue weighted by molar-refractivity contribution is 1.02. The standard InChI is InChI=1S/C75H52N6Si2/c1-7-27-53(28-8-1)73-76-74(78-75(77-73)81-67-41-21-25-45-71(67)83(59-35-15-5-16-36-59,60-37-17-6-18-38-60)72-46-26-22-42-68(72)81)54-47-49-63-61(51-54)62-52-56(48-50-64(62)79(63)55-29-9-2-10-30-55)80-65-39-19-23-43-69(65)82(57-31-11-3-12-32-57,58-33-13-4-14-34-58)70-44-24-20-40-66(70)80/h1-52H. The zero-order chi connectivity index (χ0) is 54.9. The van der Waals surface area contributed by atoms with Crippen molar-refractivity contribution in [3.8, 4) is 28.5 Å². The normalized spacial score (nSPS) is 13.7. The molecule has 0 atom stereocenters. The molecular weight excluding hydrogens is 1040 g/mol. The summed E-state index contributed by atoms with van der Waals surface area (Å²) in [5, 5.41) is 12.8. The monoisotopic (exact) mass is 1090 g/mol. The molecule has 0 bridgehead atoms. The van der Waals surface area contributed by atoms with Crippen LogP contribution in [0, 0.1) is 0 Å². The van der Waals surface area contributed by atoms with Crippen molar-refractivity contribution in [3.05, 3.63) is 315 Å². The summed E-state index contributed by atoms with van der Waals surface area (Å²) in [7, 11) is -5.72. The van der Waals surface area contributed by atoms with Crippen LogP contribution in [0.15, 0.2) is 315 Å². The number of benzene rings is 12. The minimum atomic E-state index is -2.90. The summed E-state index contributed by atoms with van der Waals surface area (Å²) in [5.41, 5.74) is 10.7. The predicted molar refractivity (Wildman–Crippen MR) is 349 cm³/mol. The van der Waals surface area contributed by atoms with Gasteiger partial charge in [0.05, 0.1) is 11.0 Å². The third-order valence-electron chi connectivity index (χ3n) is 17.2. The molecule has 0 spiro atoms. The number of rotatable bonds is 9. The van der Waals surface area contributed by atoms with Gasteiger partial charge in [-0.2, -0.15) is 9.97 Å². The summed E-state index contributed by atoms with van der Waals surface area (Å²) >= 11 is 0. The number of anilines is 6. The molecule has 0 radical (unpaired) electrons. The SMILES string of the molecule is c1ccc(-c2nc(-c3ccc4c(c3)c3cc(N5c6ccccc6[Si](c6ccccc6)(c6ccccc6)c6ccccc65)ccc3n4-c3ccccc3)nc(N3c4ccccc4[Si](c4ccccc4)(c4ccccc4)c4ccccc43)n2)cc1. The molecule has 0 fully saturated rings. The van der Waals surface area contributed by atoms with Crippen LogP contribution < -0.4 is 51.3 Å². The van der Waals surface area contributed by atoms with Crippen molar-refractivity contribution >= 4 is 114 Å². The molecule has 2 aliphatic heterocycles. The summed E-state index contributed by atoms with van der Waals surface area (Å²) in [6.45, 7) is 0. The van der Waals surface area contributed by atoms with E-state index >= 15 is 0 Å². The lowest BCUT2D eigenvalue weighted by Gasteiger charge is -2.45. The van der Waals surface area contributed by atoms with Gasteiger partial charge in [-0.1, -0.05) is 243 Å². The third kappa shape index (κ3) is 7.43.